The van der Waals surface area contributed by atoms with Crippen molar-refractivity contribution in [2.24, 2.45) is 0 Å². The highest BCUT2D eigenvalue weighted by Gasteiger charge is 2.45. The lowest BCUT2D eigenvalue weighted by Gasteiger charge is -2.40. The van der Waals surface area contributed by atoms with Gasteiger partial charge in [-0.3, -0.25) is 4.98 Å². The fraction of sp³-hybridized carbons (Fsp3) is 0.333. The summed E-state index contributed by atoms with van der Waals surface area (Å²) < 4.78 is 25.0. The highest BCUT2D eigenvalue weighted by molar-refractivity contribution is 5.78. The summed E-state index contributed by atoms with van der Waals surface area (Å²) >= 11 is 0. The second-order valence-electron chi connectivity index (χ2n) is 5.87. The number of carboxylic acid groups (broad SMARTS) is 1. The van der Waals surface area contributed by atoms with E-state index in [9.17, 15) is 14.3 Å². The third-order valence-corrected chi connectivity index (χ3v) is 4.43. The van der Waals surface area contributed by atoms with Gasteiger partial charge in [0.25, 0.3) is 0 Å². The van der Waals surface area contributed by atoms with Crippen LogP contribution in [0.5, 0.6) is 11.5 Å². The van der Waals surface area contributed by atoms with Crippen LogP contribution in [-0.2, 0) is 4.79 Å². The summed E-state index contributed by atoms with van der Waals surface area (Å²) in [6.45, 7) is 0.727. The lowest BCUT2D eigenvalue weighted by atomic mass is 9.90. The molecule has 1 aliphatic rings. The van der Waals surface area contributed by atoms with E-state index in [-0.39, 0.29) is 12.8 Å². The molecule has 2 aromatic rings. The first-order chi connectivity index (χ1) is 12.1. The van der Waals surface area contributed by atoms with Gasteiger partial charge in [0.1, 0.15) is 0 Å². The van der Waals surface area contributed by atoms with Crippen molar-refractivity contribution in [3.05, 3.63) is 48.5 Å². The van der Waals surface area contributed by atoms with Crippen LogP contribution in [0.2, 0.25) is 0 Å². The summed E-state index contributed by atoms with van der Waals surface area (Å²) in [5.74, 6) is -0.592. The number of piperidine rings is 1. The zero-order valence-electron chi connectivity index (χ0n) is 13.8. The first-order valence-electron chi connectivity index (χ1n) is 7.95. The molecule has 0 atom stereocenters. The number of carboxylic acids is 1. The lowest BCUT2D eigenvalue weighted by Crippen LogP contribution is -2.53. The van der Waals surface area contributed by atoms with Crippen LogP contribution in [0, 0.1) is 5.82 Å². The van der Waals surface area contributed by atoms with Gasteiger partial charge in [-0.25, -0.2) is 9.18 Å². The number of benzene rings is 1. The molecule has 1 aliphatic heterocycles. The first-order valence-corrected chi connectivity index (χ1v) is 7.95. The van der Waals surface area contributed by atoms with Gasteiger partial charge in [-0.1, -0.05) is 12.1 Å². The van der Waals surface area contributed by atoms with E-state index in [2.05, 4.69) is 4.98 Å². The highest BCUT2D eigenvalue weighted by atomic mass is 19.1. The number of anilines is 1. The fourth-order valence-corrected chi connectivity index (χ4v) is 3.01. The molecule has 1 aromatic heterocycles. The molecule has 7 heteroatoms. The first kappa shape index (κ1) is 17.0. The zero-order valence-corrected chi connectivity index (χ0v) is 13.8. The molecule has 0 aliphatic carbocycles. The zero-order chi connectivity index (χ0) is 17.9. The van der Waals surface area contributed by atoms with Crippen molar-refractivity contribution >= 4 is 11.7 Å². The minimum Gasteiger partial charge on any atom is -0.493 e. The van der Waals surface area contributed by atoms with Gasteiger partial charge in [-0.15, -0.1) is 0 Å². The van der Waals surface area contributed by atoms with Crippen LogP contribution in [0.25, 0.3) is 0 Å². The van der Waals surface area contributed by atoms with Crippen molar-refractivity contribution in [2.75, 3.05) is 25.1 Å². The number of halogens is 1. The summed E-state index contributed by atoms with van der Waals surface area (Å²) in [6.07, 6.45) is 3.12. The highest BCUT2D eigenvalue weighted by Crippen LogP contribution is 2.35. The van der Waals surface area contributed by atoms with E-state index < -0.39 is 17.4 Å². The Labute approximate surface area is 144 Å². The number of aromatic nitrogens is 1. The van der Waals surface area contributed by atoms with Crippen molar-refractivity contribution in [1.82, 2.24) is 4.98 Å². The number of rotatable bonds is 5. The van der Waals surface area contributed by atoms with E-state index >= 15 is 0 Å². The van der Waals surface area contributed by atoms with Crippen molar-refractivity contribution in [1.29, 1.82) is 0 Å². The Bertz CT molecular complexity index is 760. The van der Waals surface area contributed by atoms with Gasteiger partial charge in [0.15, 0.2) is 17.3 Å². The fourth-order valence-electron chi connectivity index (χ4n) is 3.01. The van der Waals surface area contributed by atoms with E-state index in [0.717, 1.165) is 6.20 Å². The van der Waals surface area contributed by atoms with Crippen LogP contribution in [0.1, 0.15) is 12.8 Å². The maximum Gasteiger partial charge on any atom is 0.348 e. The number of pyridine rings is 1. The van der Waals surface area contributed by atoms with Crippen LogP contribution in [0.4, 0.5) is 10.1 Å². The van der Waals surface area contributed by atoms with Gasteiger partial charge in [0.05, 0.1) is 19.0 Å². The molecule has 1 fully saturated rings. The van der Waals surface area contributed by atoms with Gasteiger partial charge >= 0.3 is 5.97 Å². The molecule has 0 radical (unpaired) electrons. The minimum atomic E-state index is -1.37. The van der Waals surface area contributed by atoms with Gasteiger partial charge < -0.3 is 19.5 Å². The van der Waals surface area contributed by atoms with Crippen molar-refractivity contribution in [3.63, 3.8) is 0 Å². The molecule has 2 heterocycles. The lowest BCUT2D eigenvalue weighted by molar-refractivity contribution is -0.157. The van der Waals surface area contributed by atoms with Crippen molar-refractivity contribution < 1.29 is 23.8 Å². The van der Waals surface area contributed by atoms with Gasteiger partial charge in [-0.05, 0) is 18.2 Å². The largest absolute Gasteiger partial charge is 0.493 e. The monoisotopic (exact) mass is 346 g/mol. The molecule has 3 rings (SSSR count). The topological polar surface area (TPSA) is 71.9 Å². The quantitative estimate of drug-likeness (QED) is 0.898. The number of hydrogen-bond donors (Lipinski definition) is 1. The Balaban J connectivity index is 1.80. The van der Waals surface area contributed by atoms with E-state index in [0.29, 0.717) is 30.3 Å². The number of hydrogen-bond acceptors (Lipinski definition) is 5. The third kappa shape index (κ3) is 3.35. The van der Waals surface area contributed by atoms with Gasteiger partial charge in [0, 0.05) is 32.1 Å². The molecular weight excluding hydrogens is 327 g/mol. The molecule has 1 N–H and O–H groups in total. The second kappa shape index (κ2) is 6.96. The number of nitrogens with zero attached hydrogens (tertiary/aromatic N) is 2. The molecule has 0 amide bonds. The maximum absolute atomic E-state index is 13.9. The smallest absolute Gasteiger partial charge is 0.348 e. The van der Waals surface area contributed by atoms with E-state index in [1.807, 2.05) is 4.90 Å². The predicted octanol–water partition coefficient (Wildman–Crippen LogP) is 2.73. The summed E-state index contributed by atoms with van der Waals surface area (Å²) in [4.78, 5) is 17.5. The number of ether oxygens (including phenoxy) is 2. The Hall–Kier alpha value is -2.83. The molecule has 132 valence electrons. The molecule has 1 saturated heterocycles. The molecule has 0 bridgehead atoms. The third-order valence-electron chi connectivity index (χ3n) is 4.43. The number of carbonyl (C=O) groups is 1. The van der Waals surface area contributed by atoms with Crippen molar-refractivity contribution in [3.8, 4) is 11.5 Å². The minimum absolute atomic E-state index is 0.224. The Morgan fingerprint density at radius 2 is 1.92 bits per heavy atom. The number of aliphatic carboxylic acids is 1. The maximum atomic E-state index is 13.9. The van der Waals surface area contributed by atoms with Crippen LogP contribution in [0.3, 0.4) is 0 Å². The Kier molecular flexibility index (Phi) is 4.74. The average molecular weight is 346 g/mol. The predicted molar refractivity (Wildman–Crippen MR) is 89.6 cm³/mol. The SMILES string of the molecule is COc1ccccc1OC1(C(=O)O)CCN(c2ccncc2F)CC1. The number of methoxy groups -OCH3 is 1. The van der Waals surface area contributed by atoms with E-state index in [1.165, 1.54) is 13.3 Å². The molecular formula is C18H19FN2O4. The van der Waals surface area contributed by atoms with Crippen LogP contribution in [-0.4, -0.2) is 41.9 Å². The second-order valence-corrected chi connectivity index (χ2v) is 5.87. The summed E-state index contributed by atoms with van der Waals surface area (Å²) in [5, 5.41) is 9.76. The molecule has 0 saturated carbocycles. The summed E-state index contributed by atoms with van der Waals surface area (Å²) in [7, 11) is 1.50. The normalized spacial score (nSPS) is 16.3. The molecule has 1 aromatic carbocycles. The standard InChI is InChI=1S/C18H19FN2O4/c1-24-15-4-2-3-5-16(15)25-18(17(22)23)7-10-21(11-8-18)14-6-9-20-12-13(14)19/h2-6,9,12H,7-8,10-11H2,1H3,(H,22,23). The van der Waals surface area contributed by atoms with E-state index in [4.69, 9.17) is 9.47 Å². The van der Waals surface area contributed by atoms with Crippen molar-refractivity contribution in [2.45, 2.75) is 18.4 Å². The average Bonchev–Trinajstić information content (AvgIpc) is 2.63. The van der Waals surface area contributed by atoms with Crippen LogP contribution >= 0.6 is 0 Å². The van der Waals surface area contributed by atoms with Gasteiger partial charge in [-0.2, -0.15) is 0 Å². The van der Waals surface area contributed by atoms with Crippen LogP contribution in [0.15, 0.2) is 42.7 Å². The molecule has 0 unspecified atom stereocenters. The van der Waals surface area contributed by atoms with Crippen LogP contribution < -0.4 is 14.4 Å². The summed E-state index contributed by atoms with van der Waals surface area (Å²) in [6, 6.07) is 8.53. The Morgan fingerprint density at radius 3 is 2.52 bits per heavy atom. The van der Waals surface area contributed by atoms with E-state index in [1.54, 1.807) is 30.3 Å². The molecule has 25 heavy (non-hydrogen) atoms. The number of para-hydroxylation sites is 2. The molecule has 0 spiro atoms. The molecule has 6 nitrogen and oxygen atoms in total. The Morgan fingerprint density at radius 1 is 1.24 bits per heavy atom. The summed E-state index contributed by atoms with van der Waals surface area (Å²) in [5.41, 5.74) is -0.944. The van der Waals surface area contributed by atoms with Gasteiger partial charge in [0.2, 0.25) is 5.60 Å².